The molecule has 0 radical (unpaired) electrons. The maximum Gasteiger partial charge on any atom is 0.310 e. The zero-order chi connectivity index (χ0) is 19.1. The molecule has 0 amide bonds. The van der Waals surface area contributed by atoms with Gasteiger partial charge in [0.15, 0.2) is 11.9 Å². The van der Waals surface area contributed by atoms with E-state index < -0.39 is 18.2 Å². The number of cyclic esters (lactones) is 1. The lowest BCUT2D eigenvalue weighted by Gasteiger charge is -2.24. The van der Waals surface area contributed by atoms with E-state index in [1.807, 2.05) is 31.2 Å². The van der Waals surface area contributed by atoms with E-state index in [4.69, 9.17) is 4.74 Å². The Morgan fingerprint density at radius 3 is 2.65 bits per heavy atom. The fourth-order valence-corrected chi connectivity index (χ4v) is 3.13. The molecule has 1 aromatic carbocycles. The highest BCUT2D eigenvalue weighted by molar-refractivity contribution is 5.88. The van der Waals surface area contributed by atoms with Crippen molar-refractivity contribution in [1.29, 1.82) is 0 Å². The summed E-state index contributed by atoms with van der Waals surface area (Å²) in [7, 11) is 0. The molecule has 5 nitrogen and oxygen atoms in total. The lowest BCUT2D eigenvalue weighted by Crippen LogP contribution is -2.28. The number of rotatable bonds is 6. The number of carbonyl (C=O) groups is 3. The second-order valence-corrected chi connectivity index (χ2v) is 6.76. The predicted octanol–water partition coefficient (Wildman–Crippen LogP) is 3.10. The Morgan fingerprint density at radius 1 is 1.23 bits per heavy atom. The minimum atomic E-state index is -1.07. The van der Waals surface area contributed by atoms with E-state index in [9.17, 15) is 19.5 Å². The molecule has 0 aromatic heterocycles. The Bertz CT molecular complexity index is 691. The molecule has 2 rings (SSSR count). The summed E-state index contributed by atoms with van der Waals surface area (Å²) >= 11 is 0. The number of allylic oxidation sites excluding steroid dienone is 2. The van der Waals surface area contributed by atoms with Crippen molar-refractivity contribution in [3.63, 3.8) is 0 Å². The first-order chi connectivity index (χ1) is 12.4. The van der Waals surface area contributed by atoms with E-state index in [1.165, 1.54) is 6.92 Å². The van der Waals surface area contributed by atoms with Gasteiger partial charge < -0.3 is 9.84 Å². The largest absolute Gasteiger partial charge is 0.449 e. The molecule has 1 aliphatic rings. The van der Waals surface area contributed by atoms with Crippen LogP contribution in [-0.2, 0) is 25.5 Å². The lowest BCUT2D eigenvalue weighted by molar-refractivity contribution is -0.160. The fraction of sp³-hybridized carbons (Fsp3) is 0.476. The van der Waals surface area contributed by atoms with E-state index in [-0.39, 0.29) is 30.3 Å². The van der Waals surface area contributed by atoms with Crippen molar-refractivity contribution >= 4 is 17.5 Å². The van der Waals surface area contributed by atoms with Crippen LogP contribution in [-0.4, -0.2) is 28.7 Å². The molecular formula is C21H26O5. The Balaban J connectivity index is 2.33. The van der Waals surface area contributed by atoms with Crippen molar-refractivity contribution in [3.05, 3.63) is 47.5 Å². The summed E-state index contributed by atoms with van der Waals surface area (Å²) in [5.74, 6) is -1.29. The van der Waals surface area contributed by atoms with Gasteiger partial charge >= 0.3 is 5.97 Å². The molecule has 0 spiro atoms. The lowest BCUT2D eigenvalue weighted by atomic mass is 9.92. The third-order valence-electron chi connectivity index (χ3n) is 4.58. The zero-order valence-electron chi connectivity index (χ0n) is 15.3. The molecule has 0 aliphatic carbocycles. The van der Waals surface area contributed by atoms with Crippen LogP contribution in [0.2, 0.25) is 0 Å². The van der Waals surface area contributed by atoms with E-state index in [0.29, 0.717) is 24.8 Å². The number of fused-ring (bicyclic) bond motifs is 1. The van der Waals surface area contributed by atoms with Crippen LogP contribution in [0.3, 0.4) is 0 Å². The van der Waals surface area contributed by atoms with Crippen LogP contribution in [0.5, 0.6) is 0 Å². The van der Waals surface area contributed by atoms with Crippen LogP contribution in [0.1, 0.15) is 56.8 Å². The molecule has 1 aromatic rings. The van der Waals surface area contributed by atoms with Gasteiger partial charge in [-0.1, -0.05) is 43.3 Å². The number of hydrogen-bond acceptors (Lipinski definition) is 5. The molecule has 0 saturated heterocycles. The molecule has 1 N–H and O–H groups in total. The number of hydrogen-bond donors (Lipinski definition) is 1. The molecule has 0 unspecified atom stereocenters. The maximum atomic E-state index is 12.8. The molecule has 26 heavy (non-hydrogen) atoms. The van der Waals surface area contributed by atoms with Gasteiger partial charge in [-0.05, 0) is 31.7 Å². The minimum Gasteiger partial charge on any atom is -0.449 e. The van der Waals surface area contributed by atoms with Gasteiger partial charge in [-0.2, -0.15) is 0 Å². The van der Waals surface area contributed by atoms with Gasteiger partial charge in [0.25, 0.3) is 0 Å². The van der Waals surface area contributed by atoms with Crippen LogP contribution in [0.15, 0.2) is 36.4 Å². The minimum absolute atomic E-state index is 0.0889. The highest BCUT2D eigenvalue weighted by atomic mass is 16.5. The number of esters is 1. The first-order valence-corrected chi connectivity index (χ1v) is 9.05. The third kappa shape index (κ3) is 5.36. The number of carbonyl (C=O) groups excluding carboxylic acids is 3. The number of Topliss-reactive ketones (excluding diaryl/α,β-unsaturated/α-hetero) is 2. The SMILES string of the molecule is CC[C@@H]1C/C=C\Cc2ccccc2[C@@H](C(=O)C[C@@H](O)CC(C)=O)OC1=O. The van der Waals surface area contributed by atoms with Crippen LogP contribution < -0.4 is 0 Å². The van der Waals surface area contributed by atoms with Crippen molar-refractivity contribution in [2.24, 2.45) is 5.92 Å². The summed E-state index contributed by atoms with van der Waals surface area (Å²) in [5.41, 5.74) is 1.55. The van der Waals surface area contributed by atoms with Gasteiger partial charge in [0.1, 0.15) is 5.78 Å². The Hall–Kier alpha value is -2.27. The summed E-state index contributed by atoms with van der Waals surface area (Å²) in [6.45, 7) is 3.28. The zero-order valence-corrected chi connectivity index (χ0v) is 15.3. The first kappa shape index (κ1) is 20.0. The summed E-state index contributed by atoms with van der Waals surface area (Å²) in [5, 5.41) is 9.97. The maximum absolute atomic E-state index is 12.8. The second kappa shape index (κ2) is 9.43. The number of benzene rings is 1. The molecule has 140 valence electrons. The van der Waals surface area contributed by atoms with Gasteiger partial charge in [-0.3, -0.25) is 14.4 Å². The van der Waals surface area contributed by atoms with E-state index in [1.54, 1.807) is 12.1 Å². The van der Waals surface area contributed by atoms with Gasteiger partial charge in [0, 0.05) is 18.4 Å². The molecule has 1 aliphatic heterocycles. The fourth-order valence-electron chi connectivity index (χ4n) is 3.13. The van der Waals surface area contributed by atoms with Crippen molar-refractivity contribution in [1.82, 2.24) is 0 Å². The van der Waals surface area contributed by atoms with E-state index in [0.717, 1.165) is 5.56 Å². The number of ether oxygens (including phenoxy) is 1. The Kier molecular flexibility index (Phi) is 7.27. The molecule has 0 fully saturated rings. The smallest absolute Gasteiger partial charge is 0.310 e. The quantitative estimate of drug-likeness (QED) is 0.624. The highest BCUT2D eigenvalue weighted by Crippen LogP contribution is 2.28. The number of aliphatic hydroxyl groups excluding tert-OH is 1. The summed E-state index contributed by atoms with van der Waals surface area (Å²) < 4.78 is 5.61. The summed E-state index contributed by atoms with van der Waals surface area (Å²) in [6, 6.07) is 7.35. The van der Waals surface area contributed by atoms with Crippen molar-refractivity contribution in [3.8, 4) is 0 Å². The van der Waals surface area contributed by atoms with Gasteiger partial charge in [-0.15, -0.1) is 0 Å². The number of aliphatic hydroxyl groups is 1. The molecule has 5 heteroatoms. The average molecular weight is 358 g/mol. The second-order valence-electron chi connectivity index (χ2n) is 6.76. The average Bonchev–Trinajstić information content (AvgIpc) is 2.59. The van der Waals surface area contributed by atoms with Crippen molar-refractivity contribution in [2.45, 2.75) is 58.2 Å². The number of ketones is 2. The van der Waals surface area contributed by atoms with Crippen LogP contribution in [0, 0.1) is 5.92 Å². The molecule has 3 atom stereocenters. The molecule has 0 saturated carbocycles. The van der Waals surface area contributed by atoms with Crippen LogP contribution >= 0.6 is 0 Å². The van der Waals surface area contributed by atoms with Gasteiger partial charge in [0.05, 0.1) is 12.0 Å². The summed E-state index contributed by atoms with van der Waals surface area (Å²) in [6.07, 6.45) is 3.39. The molecule has 1 heterocycles. The van der Waals surface area contributed by atoms with Gasteiger partial charge in [-0.25, -0.2) is 0 Å². The van der Waals surface area contributed by atoms with Gasteiger partial charge in [0.2, 0.25) is 0 Å². The normalized spacial score (nSPS) is 22.7. The topological polar surface area (TPSA) is 80.7 Å². The van der Waals surface area contributed by atoms with E-state index in [2.05, 4.69) is 0 Å². The monoisotopic (exact) mass is 358 g/mol. The van der Waals surface area contributed by atoms with Crippen LogP contribution in [0.25, 0.3) is 0 Å². The third-order valence-corrected chi connectivity index (χ3v) is 4.58. The highest BCUT2D eigenvalue weighted by Gasteiger charge is 2.31. The molecule has 0 bridgehead atoms. The standard InChI is InChI=1S/C21H26O5/c1-3-15-8-4-5-9-16-10-6-7-11-18(16)20(26-21(15)25)19(24)13-17(23)12-14(2)22/h4-7,10-11,15,17,20,23H,3,8-9,12-13H2,1-2H3/b5-4-/t15-,17+,20+/m1/s1. The Labute approximate surface area is 154 Å². The first-order valence-electron chi connectivity index (χ1n) is 9.05. The summed E-state index contributed by atoms with van der Waals surface area (Å²) in [4.78, 5) is 36.5. The van der Waals surface area contributed by atoms with E-state index >= 15 is 0 Å². The van der Waals surface area contributed by atoms with Crippen molar-refractivity contribution in [2.75, 3.05) is 0 Å². The van der Waals surface area contributed by atoms with Crippen LogP contribution in [0.4, 0.5) is 0 Å². The predicted molar refractivity (Wildman–Crippen MR) is 97.4 cm³/mol. The molecular weight excluding hydrogens is 332 g/mol. The van der Waals surface area contributed by atoms with Crippen molar-refractivity contribution < 1.29 is 24.2 Å². The Morgan fingerprint density at radius 2 is 1.96 bits per heavy atom.